The number of sulfone groups is 1. The van der Waals surface area contributed by atoms with Crippen molar-refractivity contribution in [3.63, 3.8) is 0 Å². The van der Waals surface area contributed by atoms with Crippen molar-refractivity contribution in [3.05, 3.63) is 60.3 Å². The molecule has 0 aliphatic carbocycles. The summed E-state index contributed by atoms with van der Waals surface area (Å²) in [7, 11) is -3.73. The van der Waals surface area contributed by atoms with Crippen molar-refractivity contribution in [2.24, 2.45) is 0 Å². The summed E-state index contributed by atoms with van der Waals surface area (Å²) in [4.78, 5) is 7.89. The fourth-order valence-corrected chi connectivity index (χ4v) is 3.45. The predicted octanol–water partition coefficient (Wildman–Crippen LogP) is 3.52. The van der Waals surface area contributed by atoms with E-state index in [1.54, 1.807) is 12.1 Å². The van der Waals surface area contributed by atoms with Gasteiger partial charge in [-0.15, -0.1) is 0 Å². The van der Waals surface area contributed by atoms with Crippen LogP contribution in [0.2, 0.25) is 0 Å². The van der Waals surface area contributed by atoms with Crippen LogP contribution in [0.5, 0.6) is 0 Å². The first-order valence-electron chi connectivity index (χ1n) is 8.30. The van der Waals surface area contributed by atoms with Crippen LogP contribution in [0.3, 0.4) is 0 Å². The summed E-state index contributed by atoms with van der Waals surface area (Å²) in [5.74, 6) is -0.347. The van der Waals surface area contributed by atoms with E-state index in [4.69, 9.17) is 0 Å². The van der Waals surface area contributed by atoms with Gasteiger partial charge in [-0.2, -0.15) is 10.1 Å². The second-order valence-electron chi connectivity index (χ2n) is 6.19. The van der Waals surface area contributed by atoms with E-state index in [9.17, 15) is 17.2 Å². The first-order chi connectivity index (χ1) is 13.8. The highest BCUT2D eigenvalue weighted by atomic mass is 32.2. The lowest BCUT2D eigenvalue weighted by atomic mass is 10.2. The van der Waals surface area contributed by atoms with E-state index in [-0.39, 0.29) is 5.95 Å². The first-order valence-corrected chi connectivity index (χ1v) is 10.2. The normalized spacial score (nSPS) is 11.6. The van der Waals surface area contributed by atoms with E-state index >= 15 is 0 Å². The molecule has 0 spiro atoms. The summed E-state index contributed by atoms with van der Waals surface area (Å²) in [6, 6.07) is 9.40. The Morgan fingerprint density at radius 1 is 1.03 bits per heavy atom. The van der Waals surface area contributed by atoms with Gasteiger partial charge in [0.1, 0.15) is 22.3 Å². The Morgan fingerprint density at radius 2 is 1.86 bits per heavy atom. The fraction of sp³-hybridized carbons (Fsp3) is 0.0556. The number of H-pyrrole nitrogens is 1. The smallest absolute Gasteiger partial charge is 0.229 e. The van der Waals surface area contributed by atoms with E-state index in [2.05, 4.69) is 30.8 Å². The SMILES string of the molecule is CS(=O)(=O)c1cc(Nc2nccc(Nc3n[nH]c4ccc(F)cc34)n2)ccc1F. The monoisotopic (exact) mass is 416 g/mol. The largest absolute Gasteiger partial charge is 0.324 e. The Kier molecular flexibility index (Phi) is 4.59. The number of nitrogens with one attached hydrogen (secondary N) is 3. The van der Waals surface area contributed by atoms with Crippen molar-refractivity contribution in [3.8, 4) is 0 Å². The molecule has 148 valence electrons. The van der Waals surface area contributed by atoms with Crippen molar-refractivity contribution in [1.82, 2.24) is 20.2 Å². The Labute approximate surface area is 163 Å². The van der Waals surface area contributed by atoms with Crippen molar-refractivity contribution in [2.75, 3.05) is 16.9 Å². The summed E-state index contributed by atoms with van der Waals surface area (Å²) in [5, 5.41) is 13.2. The van der Waals surface area contributed by atoms with E-state index < -0.39 is 26.4 Å². The Bertz CT molecular complexity index is 1320. The molecule has 2 aromatic carbocycles. The molecule has 0 unspecified atom stereocenters. The molecule has 11 heteroatoms. The lowest BCUT2D eigenvalue weighted by molar-refractivity contribution is 0.571. The number of fused-ring (bicyclic) bond motifs is 1. The molecule has 0 amide bonds. The Balaban J connectivity index is 1.60. The molecule has 8 nitrogen and oxygen atoms in total. The van der Waals surface area contributed by atoms with Gasteiger partial charge in [0, 0.05) is 23.5 Å². The average Bonchev–Trinajstić information content (AvgIpc) is 3.05. The molecule has 0 fully saturated rings. The van der Waals surface area contributed by atoms with Gasteiger partial charge in [0.2, 0.25) is 5.95 Å². The molecule has 0 atom stereocenters. The Morgan fingerprint density at radius 3 is 2.66 bits per heavy atom. The van der Waals surface area contributed by atoms with Crippen LogP contribution in [0.15, 0.2) is 53.6 Å². The lowest BCUT2D eigenvalue weighted by Gasteiger charge is -2.09. The van der Waals surface area contributed by atoms with Crippen LogP contribution in [0.1, 0.15) is 0 Å². The number of benzene rings is 2. The highest BCUT2D eigenvalue weighted by molar-refractivity contribution is 7.90. The van der Waals surface area contributed by atoms with Crippen LogP contribution in [-0.4, -0.2) is 34.8 Å². The third-order valence-electron chi connectivity index (χ3n) is 4.01. The molecule has 4 rings (SSSR count). The number of aromatic nitrogens is 4. The number of halogens is 2. The van der Waals surface area contributed by atoms with Gasteiger partial charge in [0.15, 0.2) is 15.7 Å². The molecule has 0 radical (unpaired) electrons. The van der Waals surface area contributed by atoms with Crippen LogP contribution in [0.4, 0.5) is 32.1 Å². The minimum Gasteiger partial charge on any atom is -0.324 e. The van der Waals surface area contributed by atoms with E-state index in [0.29, 0.717) is 28.2 Å². The maximum atomic E-state index is 13.8. The zero-order valence-electron chi connectivity index (χ0n) is 14.9. The number of hydrogen-bond acceptors (Lipinski definition) is 7. The molecular weight excluding hydrogens is 402 g/mol. The lowest BCUT2D eigenvalue weighted by Crippen LogP contribution is -2.04. The number of nitrogens with zero attached hydrogens (tertiary/aromatic N) is 3. The van der Waals surface area contributed by atoms with Gasteiger partial charge >= 0.3 is 0 Å². The maximum absolute atomic E-state index is 13.8. The zero-order chi connectivity index (χ0) is 20.6. The third-order valence-corrected chi connectivity index (χ3v) is 5.13. The van der Waals surface area contributed by atoms with Crippen molar-refractivity contribution in [2.45, 2.75) is 4.90 Å². The molecule has 0 bridgehead atoms. The highest BCUT2D eigenvalue weighted by Gasteiger charge is 2.15. The van der Waals surface area contributed by atoms with Crippen molar-refractivity contribution >= 4 is 44.0 Å². The summed E-state index contributed by atoms with van der Waals surface area (Å²) in [6.07, 6.45) is 2.39. The van der Waals surface area contributed by atoms with Crippen molar-refractivity contribution in [1.29, 1.82) is 0 Å². The second kappa shape index (κ2) is 7.09. The third kappa shape index (κ3) is 3.99. The van der Waals surface area contributed by atoms with Gasteiger partial charge in [-0.25, -0.2) is 22.2 Å². The minimum absolute atomic E-state index is 0.145. The number of rotatable bonds is 5. The van der Waals surface area contributed by atoms with Gasteiger partial charge in [0.25, 0.3) is 0 Å². The van der Waals surface area contributed by atoms with E-state index in [1.165, 1.54) is 24.4 Å². The van der Waals surface area contributed by atoms with Gasteiger partial charge in [-0.3, -0.25) is 5.10 Å². The van der Waals surface area contributed by atoms with Crippen LogP contribution >= 0.6 is 0 Å². The van der Waals surface area contributed by atoms with Crippen LogP contribution < -0.4 is 10.6 Å². The zero-order valence-corrected chi connectivity index (χ0v) is 15.8. The van der Waals surface area contributed by atoms with Gasteiger partial charge in [-0.1, -0.05) is 0 Å². The summed E-state index contributed by atoms with van der Waals surface area (Å²) in [5.41, 5.74) is 0.956. The summed E-state index contributed by atoms with van der Waals surface area (Å²) < 4.78 is 50.6. The molecule has 2 aromatic heterocycles. The molecule has 0 aliphatic heterocycles. The Hall–Kier alpha value is -3.60. The quantitative estimate of drug-likeness (QED) is 0.456. The first kappa shape index (κ1) is 18.7. The molecular formula is C18H14F2N6O2S. The highest BCUT2D eigenvalue weighted by Crippen LogP contribution is 2.25. The maximum Gasteiger partial charge on any atom is 0.229 e. The van der Waals surface area contributed by atoms with Crippen LogP contribution in [0.25, 0.3) is 10.9 Å². The van der Waals surface area contributed by atoms with Crippen LogP contribution in [0, 0.1) is 11.6 Å². The molecule has 3 N–H and O–H groups in total. The fourth-order valence-electron chi connectivity index (χ4n) is 2.69. The standard InChI is InChI=1S/C18H14F2N6O2S/c1-29(27,28)15-9-11(3-4-13(15)20)22-18-21-7-6-16(24-18)23-17-12-8-10(19)2-5-14(12)25-26-17/h2-9H,1H3,(H3,21,22,23,24,25,26). The molecule has 4 aromatic rings. The predicted molar refractivity (Wildman–Crippen MR) is 104 cm³/mol. The van der Waals surface area contributed by atoms with Gasteiger partial charge < -0.3 is 10.6 Å². The molecule has 0 saturated heterocycles. The molecule has 29 heavy (non-hydrogen) atoms. The van der Waals surface area contributed by atoms with Crippen LogP contribution in [-0.2, 0) is 9.84 Å². The van der Waals surface area contributed by atoms with Crippen molar-refractivity contribution < 1.29 is 17.2 Å². The van der Waals surface area contributed by atoms with E-state index in [0.717, 1.165) is 18.4 Å². The molecule has 0 aliphatic rings. The number of aromatic amines is 1. The number of anilines is 4. The summed E-state index contributed by atoms with van der Waals surface area (Å²) >= 11 is 0. The van der Waals surface area contributed by atoms with E-state index in [1.807, 2.05) is 0 Å². The minimum atomic E-state index is -3.73. The topological polar surface area (TPSA) is 113 Å². The molecule has 0 saturated carbocycles. The summed E-state index contributed by atoms with van der Waals surface area (Å²) in [6.45, 7) is 0. The average molecular weight is 416 g/mol. The molecule has 2 heterocycles. The second-order valence-corrected chi connectivity index (χ2v) is 8.18. The number of hydrogen-bond donors (Lipinski definition) is 3. The van der Waals surface area contributed by atoms with Gasteiger partial charge in [0.05, 0.1) is 5.52 Å². The van der Waals surface area contributed by atoms with Gasteiger partial charge in [-0.05, 0) is 42.5 Å².